The Balaban J connectivity index is 1.73. The summed E-state index contributed by atoms with van der Waals surface area (Å²) in [6.07, 6.45) is 1.06. The number of benzene rings is 1. The van der Waals surface area contributed by atoms with Crippen molar-refractivity contribution in [3.05, 3.63) is 58.3 Å². The fraction of sp³-hybridized carbons (Fsp3) is 0.435. The highest BCUT2D eigenvalue weighted by Crippen LogP contribution is 2.43. The van der Waals surface area contributed by atoms with Gasteiger partial charge in [-0.25, -0.2) is 0 Å². The van der Waals surface area contributed by atoms with E-state index >= 15 is 0 Å². The fourth-order valence-corrected chi connectivity index (χ4v) is 6.18. The van der Waals surface area contributed by atoms with E-state index in [4.69, 9.17) is 4.74 Å². The SMILES string of the molecule is CCOC(=O)[C@H](CCc1ccccc1)N[C@H]1CS[C@](CC(=O)O)(c2cccs2)CNC1=O. The number of hydrogen-bond acceptors (Lipinski definition) is 7. The van der Waals surface area contributed by atoms with E-state index in [1.54, 1.807) is 6.92 Å². The summed E-state index contributed by atoms with van der Waals surface area (Å²) in [4.78, 5) is 38.0. The van der Waals surface area contributed by atoms with E-state index < -0.39 is 22.8 Å². The maximum absolute atomic E-state index is 12.9. The molecule has 1 aliphatic heterocycles. The first kappa shape index (κ1) is 24.3. The van der Waals surface area contributed by atoms with Crippen LogP contribution in [0.2, 0.25) is 0 Å². The molecule has 3 atom stereocenters. The molecule has 1 saturated heterocycles. The van der Waals surface area contributed by atoms with E-state index in [1.165, 1.54) is 23.1 Å². The molecule has 1 fully saturated rings. The topological polar surface area (TPSA) is 105 Å². The minimum atomic E-state index is -0.918. The highest BCUT2D eigenvalue weighted by atomic mass is 32.2. The molecule has 3 N–H and O–H groups in total. The highest BCUT2D eigenvalue weighted by molar-refractivity contribution is 8.00. The zero-order valence-electron chi connectivity index (χ0n) is 17.9. The maximum atomic E-state index is 12.9. The lowest BCUT2D eigenvalue weighted by Crippen LogP contribution is -2.52. The molecule has 9 heteroatoms. The van der Waals surface area contributed by atoms with Gasteiger partial charge in [-0.3, -0.25) is 19.7 Å². The zero-order chi connectivity index (χ0) is 23.0. The molecule has 7 nitrogen and oxygen atoms in total. The van der Waals surface area contributed by atoms with Crippen LogP contribution in [0.3, 0.4) is 0 Å². The molecular weight excluding hydrogens is 448 g/mol. The van der Waals surface area contributed by atoms with Crippen LogP contribution in [0.25, 0.3) is 0 Å². The van der Waals surface area contributed by atoms with Crippen molar-refractivity contribution >= 4 is 40.9 Å². The van der Waals surface area contributed by atoms with Crippen LogP contribution < -0.4 is 10.6 Å². The minimum Gasteiger partial charge on any atom is -0.481 e. The third-order valence-corrected chi connectivity index (χ3v) is 8.10. The lowest BCUT2D eigenvalue weighted by Gasteiger charge is -2.29. The van der Waals surface area contributed by atoms with Crippen molar-refractivity contribution in [2.75, 3.05) is 18.9 Å². The van der Waals surface area contributed by atoms with Crippen LogP contribution >= 0.6 is 23.1 Å². The third-order valence-electron chi connectivity index (χ3n) is 5.34. The normalized spacial score (nSPS) is 21.9. The van der Waals surface area contributed by atoms with Gasteiger partial charge in [0, 0.05) is 17.2 Å². The van der Waals surface area contributed by atoms with Gasteiger partial charge in [0.2, 0.25) is 5.91 Å². The summed E-state index contributed by atoms with van der Waals surface area (Å²) < 4.78 is 4.50. The first-order valence-corrected chi connectivity index (χ1v) is 12.4. The Morgan fingerprint density at radius 3 is 2.72 bits per heavy atom. The van der Waals surface area contributed by atoms with Gasteiger partial charge in [-0.1, -0.05) is 36.4 Å². The first-order valence-electron chi connectivity index (χ1n) is 10.6. The van der Waals surface area contributed by atoms with Crippen LogP contribution in [0, 0.1) is 0 Å². The number of ether oxygens (including phenoxy) is 1. The molecule has 2 heterocycles. The van der Waals surface area contributed by atoms with Crippen LogP contribution in [-0.2, 0) is 30.3 Å². The van der Waals surface area contributed by atoms with E-state index in [9.17, 15) is 19.5 Å². The molecule has 0 bridgehead atoms. The molecule has 1 aliphatic rings. The average molecular weight is 477 g/mol. The summed E-state index contributed by atoms with van der Waals surface area (Å²) in [5, 5.41) is 17.5. The molecule has 2 aromatic rings. The number of aliphatic carboxylic acids is 1. The summed E-state index contributed by atoms with van der Waals surface area (Å²) >= 11 is 2.93. The smallest absolute Gasteiger partial charge is 0.323 e. The van der Waals surface area contributed by atoms with Gasteiger partial charge in [-0.05, 0) is 36.8 Å². The van der Waals surface area contributed by atoms with Crippen molar-refractivity contribution in [1.82, 2.24) is 10.6 Å². The standard InChI is InChI=1S/C23H28N2O5S2/c1-2-30-22(29)17(11-10-16-7-4-3-5-8-16)25-18-14-32-23(13-20(26)27,15-24-21(18)28)19-9-6-12-31-19/h3-9,12,17-18,25H,2,10-11,13-15H2,1H3,(H,24,28)(H,26,27)/t17-,18-,23-/m0/s1. The molecule has 0 aliphatic carbocycles. The lowest BCUT2D eigenvalue weighted by molar-refractivity contribution is -0.146. The lowest BCUT2D eigenvalue weighted by atomic mass is 10.0. The molecule has 1 amide bonds. The summed E-state index contributed by atoms with van der Waals surface area (Å²) in [5.74, 6) is -1.20. The fourth-order valence-electron chi connectivity index (χ4n) is 3.70. The quantitative estimate of drug-likeness (QED) is 0.453. The molecule has 0 radical (unpaired) electrons. The van der Waals surface area contributed by atoms with Crippen molar-refractivity contribution in [3.63, 3.8) is 0 Å². The number of carbonyl (C=O) groups is 3. The summed E-state index contributed by atoms with van der Waals surface area (Å²) in [5.41, 5.74) is 1.10. The van der Waals surface area contributed by atoms with Gasteiger partial charge in [0.1, 0.15) is 6.04 Å². The predicted molar refractivity (Wildman–Crippen MR) is 126 cm³/mol. The van der Waals surface area contributed by atoms with Crippen LogP contribution in [0.5, 0.6) is 0 Å². The molecular formula is C23H28N2O5S2. The average Bonchev–Trinajstić information content (AvgIpc) is 3.28. The van der Waals surface area contributed by atoms with Crippen LogP contribution in [0.4, 0.5) is 0 Å². The van der Waals surface area contributed by atoms with Gasteiger partial charge in [0.15, 0.2) is 0 Å². The molecule has 0 spiro atoms. The largest absolute Gasteiger partial charge is 0.481 e. The number of esters is 1. The van der Waals surface area contributed by atoms with Gasteiger partial charge in [-0.15, -0.1) is 23.1 Å². The first-order chi connectivity index (χ1) is 15.4. The van der Waals surface area contributed by atoms with Crippen molar-refractivity contribution in [2.45, 2.75) is 43.0 Å². The van der Waals surface area contributed by atoms with Crippen LogP contribution in [0.1, 0.15) is 30.2 Å². The number of thioether (sulfide) groups is 1. The van der Waals surface area contributed by atoms with E-state index in [2.05, 4.69) is 10.6 Å². The molecule has 1 aromatic heterocycles. The molecule has 172 valence electrons. The number of thiophene rings is 1. The molecule has 3 rings (SSSR count). The Labute approximate surface area is 195 Å². The van der Waals surface area contributed by atoms with Gasteiger partial charge in [-0.2, -0.15) is 0 Å². The number of carboxylic acid groups (broad SMARTS) is 1. The van der Waals surface area contributed by atoms with Crippen molar-refractivity contribution < 1.29 is 24.2 Å². The summed E-state index contributed by atoms with van der Waals surface area (Å²) in [6, 6.07) is 12.3. The number of nitrogens with one attached hydrogen (secondary N) is 2. The van der Waals surface area contributed by atoms with E-state index in [0.717, 1.165) is 10.4 Å². The number of carboxylic acids is 1. The summed E-state index contributed by atoms with van der Waals surface area (Å²) in [7, 11) is 0. The second-order valence-corrected chi connectivity index (χ2v) is 9.97. The number of amides is 1. The third kappa shape index (κ3) is 6.34. The summed E-state index contributed by atoms with van der Waals surface area (Å²) in [6.45, 7) is 2.23. The highest BCUT2D eigenvalue weighted by Gasteiger charge is 2.41. The van der Waals surface area contributed by atoms with E-state index in [-0.39, 0.29) is 31.4 Å². The van der Waals surface area contributed by atoms with Crippen LogP contribution in [-0.4, -0.2) is 53.9 Å². The van der Waals surface area contributed by atoms with Gasteiger partial charge in [0.05, 0.1) is 23.8 Å². The number of carbonyl (C=O) groups excluding carboxylic acids is 2. The van der Waals surface area contributed by atoms with Crippen molar-refractivity contribution in [3.8, 4) is 0 Å². The number of aryl methyl sites for hydroxylation is 1. The second kappa shape index (κ2) is 11.5. The molecule has 32 heavy (non-hydrogen) atoms. The Bertz CT molecular complexity index is 906. The Morgan fingerprint density at radius 1 is 1.28 bits per heavy atom. The van der Waals surface area contributed by atoms with Crippen LogP contribution in [0.15, 0.2) is 47.8 Å². The molecule has 1 aromatic carbocycles. The van der Waals surface area contributed by atoms with Crippen molar-refractivity contribution in [2.24, 2.45) is 0 Å². The second-order valence-electron chi connectivity index (χ2n) is 7.62. The minimum absolute atomic E-state index is 0.0967. The van der Waals surface area contributed by atoms with Gasteiger partial charge >= 0.3 is 11.9 Å². The Kier molecular flexibility index (Phi) is 8.72. The number of hydrogen-bond donors (Lipinski definition) is 3. The Hall–Kier alpha value is -2.36. The maximum Gasteiger partial charge on any atom is 0.323 e. The predicted octanol–water partition coefficient (Wildman–Crippen LogP) is 2.80. The Morgan fingerprint density at radius 2 is 2.06 bits per heavy atom. The molecule has 0 unspecified atom stereocenters. The number of rotatable bonds is 10. The van der Waals surface area contributed by atoms with Gasteiger partial charge in [0.25, 0.3) is 0 Å². The van der Waals surface area contributed by atoms with E-state index in [0.29, 0.717) is 18.6 Å². The van der Waals surface area contributed by atoms with Gasteiger partial charge < -0.3 is 15.2 Å². The monoisotopic (exact) mass is 476 g/mol. The van der Waals surface area contributed by atoms with E-state index in [1.807, 2.05) is 47.8 Å². The van der Waals surface area contributed by atoms with Crippen molar-refractivity contribution in [1.29, 1.82) is 0 Å². The zero-order valence-corrected chi connectivity index (χ0v) is 19.5. The molecule has 0 saturated carbocycles.